The first kappa shape index (κ1) is 17.6. The Bertz CT molecular complexity index is 688. The van der Waals surface area contributed by atoms with Crippen molar-refractivity contribution in [3.05, 3.63) is 63.6 Å². The van der Waals surface area contributed by atoms with Crippen LogP contribution in [0, 0.1) is 0 Å². The Morgan fingerprint density at radius 3 is 2.52 bits per heavy atom. The molecule has 4 nitrogen and oxygen atoms in total. The van der Waals surface area contributed by atoms with Gasteiger partial charge in [-0.1, -0.05) is 47.5 Å². The SMILES string of the molecule is COC(=O)C(OC)c1ccccc1COc1ccc(Cl)cc1Cl. The number of hydrogen-bond acceptors (Lipinski definition) is 4. The number of halogens is 2. The topological polar surface area (TPSA) is 44.8 Å². The van der Waals surface area contributed by atoms with Gasteiger partial charge in [-0.05, 0) is 29.3 Å². The lowest BCUT2D eigenvalue weighted by Crippen LogP contribution is -2.18. The van der Waals surface area contributed by atoms with Crippen LogP contribution in [0.15, 0.2) is 42.5 Å². The molecule has 0 amide bonds. The van der Waals surface area contributed by atoms with Crippen molar-refractivity contribution in [2.45, 2.75) is 12.7 Å². The molecule has 122 valence electrons. The highest BCUT2D eigenvalue weighted by Gasteiger charge is 2.23. The lowest BCUT2D eigenvalue weighted by Gasteiger charge is -2.17. The van der Waals surface area contributed by atoms with Crippen molar-refractivity contribution in [1.82, 2.24) is 0 Å². The number of hydrogen-bond donors (Lipinski definition) is 0. The molecule has 0 N–H and O–H groups in total. The maximum atomic E-state index is 11.8. The largest absolute Gasteiger partial charge is 0.487 e. The van der Waals surface area contributed by atoms with E-state index in [2.05, 4.69) is 0 Å². The predicted molar refractivity (Wildman–Crippen MR) is 89.0 cm³/mol. The maximum Gasteiger partial charge on any atom is 0.339 e. The van der Waals surface area contributed by atoms with Crippen molar-refractivity contribution in [2.24, 2.45) is 0 Å². The van der Waals surface area contributed by atoms with Crippen LogP contribution in [-0.4, -0.2) is 20.2 Å². The normalized spacial score (nSPS) is 11.8. The Kier molecular flexibility index (Phi) is 6.28. The first-order valence-electron chi connectivity index (χ1n) is 6.83. The van der Waals surface area contributed by atoms with Gasteiger partial charge in [-0.15, -0.1) is 0 Å². The molecule has 6 heteroatoms. The third kappa shape index (κ3) is 4.38. The van der Waals surface area contributed by atoms with Crippen molar-refractivity contribution >= 4 is 29.2 Å². The van der Waals surface area contributed by atoms with E-state index in [0.717, 1.165) is 5.56 Å². The molecule has 23 heavy (non-hydrogen) atoms. The maximum absolute atomic E-state index is 11.8. The van der Waals surface area contributed by atoms with Crippen LogP contribution in [0.1, 0.15) is 17.2 Å². The van der Waals surface area contributed by atoms with Crippen LogP contribution < -0.4 is 4.74 Å². The fourth-order valence-corrected chi connectivity index (χ4v) is 2.59. The number of carbonyl (C=O) groups excluding carboxylic acids is 1. The fourth-order valence-electron chi connectivity index (χ4n) is 2.13. The summed E-state index contributed by atoms with van der Waals surface area (Å²) in [6.45, 7) is 0.231. The summed E-state index contributed by atoms with van der Waals surface area (Å²) in [5.41, 5.74) is 1.49. The number of rotatable bonds is 6. The third-order valence-electron chi connectivity index (χ3n) is 3.27. The van der Waals surface area contributed by atoms with E-state index >= 15 is 0 Å². The van der Waals surface area contributed by atoms with Gasteiger partial charge < -0.3 is 14.2 Å². The molecule has 0 spiro atoms. The zero-order valence-corrected chi connectivity index (χ0v) is 14.2. The van der Waals surface area contributed by atoms with E-state index in [0.29, 0.717) is 21.4 Å². The van der Waals surface area contributed by atoms with Gasteiger partial charge in [0.05, 0.1) is 12.1 Å². The van der Waals surface area contributed by atoms with Crippen molar-refractivity contribution in [1.29, 1.82) is 0 Å². The molecule has 0 saturated carbocycles. The van der Waals surface area contributed by atoms with E-state index in [1.165, 1.54) is 14.2 Å². The summed E-state index contributed by atoms with van der Waals surface area (Å²) in [6, 6.07) is 12.3. The second kappa shape index (κ2) is 8.20. The van der Waals surface area contributed by atoms with Crippen LogP contribution in [0.25, 0.3) is 0 Å². The van der Waals surface area contributed by atoms with E-state index in [9.17, 15) is 4.79 Å². The molecule has 0 aliphatic rings. The van der Waals surface area contributed by atoms with Crippen LogP contribution in [0.2, 0.25) is 10.0 Å². The monoisotopic (exact) mass is 354 g/mol. The lowest BCUT2D eigenvalue weighted by atomic mass is 10.0. The zero-order valence-electron chi connectivity index (χ0n) is 12.7. The number of methoxy groups -OCH3 is 2. The minimum Gasteiger partial charge on any atom is -0.487 e. The molecule has 1 atom stereocenters. The van der Waals surface area contributed by atoms with E-state index in [1.54, 1.807) is 24.3 Å². The molecule has 2 rings (SSSR count). The third-order valence-corrected chi connectivity index (χ3v) is 3.80. The number of ether oxygens (including phenoxy) is 3. The number of esters is 1. The molecule has 0 aromatic heterocycles. The van der Waals surface area contributed by atoms with Crippen LogP contribution >= 0.6 is 23.2 Å². The van der Waals surface area contributed by atoms with E-state index < -0.39 is 12.1 Å². The quantitative estimate of drug-likeness (QED) is 0.719. The van der Waals surface area contributed by atoms with Crippen molar-refractivity contribution < 1.29 is 19.0 Å². The molecule has 0 saturated heterocycles. The van der Waals surface area contributed by atoms with Gasteiger partial charge in [0, 0.05) is 12.1 Å². The van der Waals surface area contributed by atoms with E-state index in [4.69, 9.17) is 37.4 Å². The Morgan fingerprint density at radius 1 is 1.13 bits per heavy atom. The van der Waals surface area contributed by atoms with Gasteiger partial charge in [0.2, 0.25) is 0 Å². The number of carbonyl (C=O) groups is 1. The van der Waals surface area contributed by atoms with Gasteiger partial charge in [-0.2, -0.15) is 0 Å². The summed E-state index contributed by atoms with van der Waals surface area (Å²) in [6.07, 6.45) is -0.805. The molecule has 0 radical (unpaired) electrons. The molecule has 0 bridgehead atoms. The molecule has 0 aliphatic heterocycles. The van der Waals surface area contributed by atoms with Gasteiger partial charge in [0.1, 0.15) is 12.4 Å². The summed E-state index contributed by atoms with van der Waals surface area (Å²) in [4.78, 5) is 11.8. The van der Waals surface area contributed by atoms with Crippen molar-refractivity contribution in [3.8, 4) is 5.75 Å². The standard InChI is InChI=1S/C17H16Cl2O4/c1-21-16(17(20)22-2)13-6-4-3-5-11(13)10-23-15-8-7-12(18)9-14(15)19/h3-9,16H,10H2,1-2H3. The Balaban J connectivity index is 2.22. The highest BCUT2D eigenvalue weighted by molar-refractivity contribution is 6.35. The van der Waals surface area contributed by atoms with Gasteiger partial charge in [0.15, 0.2) is 6.10 Å². The van der Waals surface area contributed by atoms with Crippen molar-refractivity contribution in [3.63, 3.8) is 0 Å². The molecule has 1 unspecified atom stereocenters. The average molecular weight is 355 g/mol. The van der Waals surface area contributed by atoms with Gasteiger partial charge >= 0.3 is 5.97 Å². The molecular weight excluding hydrogens is 339 g/mol. The molecular formula is C17H16Cl2O4. The second-order valence-corrected chi connectivity index (χ2v) is 5.54. The van der Waals surface area contributed by atoms with Gasteiger partial charge in [-0.25, -0.2) is 4.79 Å². The Labute approximate surface area is 144 Å². The van der Waals surface area contributed by atoms with Crippen molar-refractivity contribution in [2.75, 3.05) is 14.2 Å². The Hall–Kier alpha value is -1.75. The molecule has 0 fully saturated rings. The van der Waals surface area contributed by atoms with Crippen LogP contribution in [0.4, 0.5) is 0 Å². The number of benzene rings is 2. The van der Waals surface area contributed by atoms with Gasteiger partial charge in [-0.3, -0.25) is 0 Å². The average Bonchev–Trinajstić information content (AvgIpc) is 2.55. The van der Waals surface area contributed by atoms with E-state index in [1.807, 2.05) is 18.2 Å². The molecule has 2 aromatic carbocycles. The Morgan fingerprint density at radius 2 is 1.87 bits per heavy atom. The summed E-state index contributed by atoms with van der Waals surface area (Å²) < 4.78 is 15.7. The second-order valence-electron chi connectivity index (χ2n) is 4.70. The summed E-state index contributed by atoms with van der Waals surface area (Å²) in [7, 11) is 2.77. The summed E-state index contributed by atoms with van der Waals surface area (Å²) in [5.74, 6) is 0.0439. The lowest BCUT2D eigenvalue weighted by molar-refractivity contribution is -0.152. The summed E-state index contributed by atoms with van der Waals surface area (Å²) >= 11 is 12.0. The fraction of sp³-hybridized carbons (Fsp3) is 0.235. The van der Waals surface area contributed by atoms with Gasteiger partial charge in [0.25, 0.3) is 0 Å². The molecule has 0 heterocycles. The predicted octanol–water partition coefficient (Wildman–Crippen LogP) is 4.43. The first-order valence-corrected chi connectivity index (χ1v) is 7.58. The van der Waals surface area contributed by atoms with Crippen LogP contribution in [0.5, 0.6) is 5.75 Å². The molecule has 0 aliphatic carbocycles. The zero-order chi connectivity index (χ0) is 16.8. The van der Waals surface area contributed by atoms with E-state index in [-0.39, 0.29) is 6.61 Å². The first-order chi connectivity index (χ1) is 11.1. The summed E-state index contributed by atoms with van der Waals surface area (Å²) in [5, 5.41) is 0.958. The highest BCUT2D eigenvalue weighted by atomic mass is 35.5. The molecule has 2 aromatic rings. The van der Waals surface area contributed by atoms with Crippen LogP contribution in [-0.2, 0) is 20.9 Å². The highest BCUT2D eigenvalue weighted by Crippen LogP contribution is 2.29. The minimum absolute atomic E-state index is 0.231. The smallest absolute Gasteiger partial charge is 0.339 e. The minimum atomic E-state index is -0.805. The van der Waals surface area contributed by atoms with Crippen LogP contribution in [0.3, 0.4) is 0 Å².